The van der Waals surface area contributed by atoms with Crippen LogP contribution in [0, 0.1) is 11.8 Å². The Balaban J connectivity index is 1.30. The molecular formula is C32H44N4O11S. The molecule has 264 valence electrons. The highest BCUT2D eigenvalue weighted by atomic mass is 32.2. The van der Waals surface area contributed by atoms with Crippen LogP contribution in [0.4, 0.5) is 9.59 Å². The number of aliphatic hydroxyl groups excluding tert-OH is 1. The number of aliphatic hydroxyl groups is 1. The average Bonchev–Trinajstić information content (AvgIpc) is 3.81. The zero-order valence-electron chi connectivity index (χ0n) is 27.3. The van der Waals surface area contributed by atoms with Crippen molar-refractivity contribution in [3.05, 3.63) is 48.0 Å². The van der Waals surface area contributed by atoms with E-state index in [0.717, 1.165) is 5.56 Å². The maximum absolute atomic E-state index is 13.9. The fourth-order valence-corrected chi connectivity index (χ4v) is 7.39. The van der Waals surface area contributed by atoms with Gasteiger partial charge in [0.2, 0.25) is 16.8 Å². The number of nitrogens with one attached hydrogen (secondary N) is 3. The van der Waals surface area contributed by atoms with E-state index < -0.39 is 40.7 Å². The van der Waals surface area contributed by atoms with E-state index in [9.17, 15) is 23.1 Å². The molecule has 0 bridgehead atoms. The van der Waals surface area contributed by atoms with Crippen LogP contribution in [0.5, 0.6) is 17.2 Å². The summed E-state index contributed by atoms with van der Waals surface area (Å²) in [5.41, 5.74) is 0.748. The molecule has 2 aromatic carbocycles. The molecule has 2 aromatic rings. The zero-order valence-corrected chi connectivity index (χ0v) is 28.1. The molecule has 0 radical (unpaired) electrons. The molecule has 0 aromatic heterocycles. The van der Waals surface area contributed by atoms with Crippen molar-refractivity contribution in [1.82, 2.24) is 20.3 Å². The third kappa shape index (κ3) is 8.99. The average molecular weight is 693 g/mol. The van der Waals surface area contributed by atoms with Gasteiger partial charge in [0.25, 0.3) is 0 Å². The lowest BCUT2D eigenvalue weighted by atomic mass is 10.0. The van der Waals surface area contributed by atoms with Crippen molar-refractivity contribution in [2.75, 3.05) is 53.3 Å². The molecule has 15 nitrogen and oxygen atoms in total. The molecule has 0 spiro atoms. The van der Waals surface area contributed by atoms with E-state index in [2.05, 4.69) is 16.0 Å². The van der Waals surface area contributed by atoms with Gasteiger partial charge in [-0.25, -0.2) is 18.0 Å². The van der Waals surface area contributed by atoms with Gasteiger partial charge in [0.05, 0.1) is 42.7 Å². The highest BCUT2D eigenvalue weighted by molar-refractivity contribution is 7.89. The summed E-state index contributed by atoms with van der Waals surface area (Å²) in [5, 5.41) is 19.5. The van der Waals surface area contributed by atoms with Gasteiger partial charge < -0.3 is 49.5 Å². The number of rotatable bonds is 15. The number of nitrogens with zero attached hydrogens (tertiary/aromatic N) is 1. The number of fused-ring (bicyclic) bond motifs is 2. The van der Waals surface area contributed by atoms with Crippen molar-refractivity contribution in [2.45, 2.75) is 56.1 Å². The molecule has 0 aliphatic carbocycles. The number of carbonyl (C=O) groups is 2. The summed E-state index contributed by atoms with van der Waals surface area (Å²) in [6, 6.07) is 10.2. The monoisotopic (exact) mass is 692 g/mol. The second-order valence-electron chi connectivity index (χ2n) is 12.2. The van der Waals surface area contributed by atoms with Gasteiger partial charge in [0.15, 0.2) is 17.8 Å². The predicted octanol–water partition coefficient (Wildman–Crippen LogP) is 1.83. The first-order chi connectivity index (χ1) is 23.0. The number of sulfonamides is 1. The lowest BCUT2D eigenvalue weighted by Gasteiger charge is -2.31. The van der Waals surface area contributed by atoms with Gasteiger partial charge in [0.1, 0.15) is 18.5 Å². The van der Waals surface area contributed by atoms with E-state index >= 15 is 0 Å². The Kier molecular flexibility index (Phi) is 11.9. The van der Waals surface area contributed by atoms with Crippen LogP contribution in [-0.4, -0.2) is 108 Å². The summed E-state index contributed by atoms with van der Waals surface area (Å²) in [6.07, 6.45) is -2.13. The summed E-state index contributed by atoms with van der Waals surface area (Å²) >= 11 is 0. The Morgan fingerprint density at radius 1 is 1.06 bits per heavy atom. The molecule has 5 rings (SSSR count). The van der Waals surface area contributed by atoms with Gasteiger partial charge >= 0.3 is 12.1 Å². The van der Waals surface area contributed by atoms with Gasteiger partial charge in [-0.3, -0.25) is 0 Å². The molecule has 3 aliphatic heterocycles. The van der Waals surface area contributed by atoms with Crippen molar-refractivity contribution in [2.24, 2.45) is 11.8 Å². The number of benzene rings is 2. The van der Waals surface area contributed by atoms with Crippen LogP contribution in [0.25, 0.3) is 0 Å². The lowest BCUT2D eigenvalue weighted by Crippen LogP contribution is -2.51. The predicted molar refractivity (Wildman–Crippen MR) is 171 cm³/mol. The summed E-state index contributed by atoms with van der Waals surface area (Å²) in [4.78, 5) is 24.5. The fourth-order valence-electron chi connectivity index (χ4n) is 5.75. The number of carbonyl (C=O) groups excluding carboxylic acids is 2. The van der Waals surface area contributed by atoms with Crippen LogP contribution in [-0.2, 0) is 30.7 Å². The Bertz CT molecular complexity index is 1510. The summed E-state index contributed by atoms with van der Waals surface area (Å²) in [6.45, 7) is 4.86. The van der Waals surface area contributed by atoms with Crippen molar-refractivity contribution < 1.29 is 51.5 Å². The molecule has 3 amide bonds. The van der Waals surface area contributed by atoms with E-state index in [1.165, 1.54) is 29.6 Å². The maximum atomic E-state index is 13.9. The first kappa shape index (κ1) is 35.5. The molecule has 16 heteroatoms. The largest absolute Gasteiger partial charge is 0.492 e. The van der Waals surface area contributed by atoms with Crippen molar-refractivity contribution in [1.29, 1.82) is 0 Å². The standard InChI is InChI=1S/C32H44N4O11S/c1-20(2)16-36(48(40,41)23-8-9-27-28(15-23)46-19-45-27)17-26(37)25(35-32(39)47-29-18-44-30-24(29)10-12-43-30)14-21-4-6-22(7-5-21)42-13-11-34-31(38)33-3/h4-9,15,20,24-26,29-30,37H,10-14,16-19H2,1-3H3,(H,35,39)(H2,33,34,38)/t24-,25-,26-,29-,30+/m0/s1. The van der Waals surface area contributed by atoms with Gasteiger partial charge in [0, 0.05) is 26.2 Å². The minimum atomic E-state index is -4.08. The minimum Gasteiger partial charge on any atom is -0.492 e. The van der Waals surface area contributed by atoms with Crippen LogP contribution >= 0.6 is 0 Å². The highest BCUT2D eigenvalue weighted by Gasteiger charge is 2.44. The van der Waals surface area contributed by atoms with Crippen LogP contribution in [0.2, 0.25) is 0 Å². The number of urea groups is 1. The van der Waals surface area contributed by atoms with E-state index in [-0.39, 0.29) is 62.3 Å². The summed E-state index contributed by atoms with van der Waals surface area (Å²) in [5.74, 6) is 1.19. The molecule has 5 atom stereocenters. The van der Waals surface area contributed by atoms with Crippen molar-refractivity contribution >= 4 is 22.1 Å². The normalized spacial score (nSPS) is 21.1. The first-order valence-electron chi connectivity index (χ1n) is 16.0. The van der Waals surface area contributed by atoms with Gasteiger partial charge in [-0.05, 0) is 48.6 Å². The Hall–Kier alpha value is -3.83. The SMILES string of the molecule is CNC(=O)NCCOc1ccc(C[C@H](NC(=O)O[C@H]2CO[C@H]3OCC[C@H]32)[C@@H](O)CN(CC(C)C)S(=O)(=O)c2ccc3c(c2)OCO3)cc1. The summed E-state index contributed by atoms with van der Waals surface area (Å²) < 4.78 is 62.2. The van der Waals surface area contributed by atoms with Gasteiger partial charge in [-0.1, -0.05) is 26.0 Å². The second-order valence-corrected chi connectivity index (χ2v) is 14.2. The molecule has 48 heavy (non-hydrogen) atoms. The van der Waals surface area contributed by atoms with Crippen molar-refractivity contribution in [3.63, 3.8) is 0 Å². The third-order valence-corrected chi connectivity index (χ3v) is 10.0. The molecule has 2 saturated heterocycles. The molecular weight excluding hydrogens is 648 g/mol. The number of hydrogen-bond donors (Lipinski definition) is 4. The molecule has 3 aliphatic rings. The second kappa shape index (κ2) is 16.0. The van der Waals surface area contributed by atoms with Crippen LogP contribution in [0.3, 0.4) is 0 Å². The van der Waals surface area contributed by atoms with Crippen molar-refractivity contribution in [3.8, 4) is 17.2 Å². The highest BCUT2D eigenvalue weighted by Crippen LogP contribution is 2.35. The fraction of sp³-hybridized carbons (Fsp3) is 0.562. The number of alkyl carbamates (subject to hydrolysis) is 1. The maximum Gasteiger partial charge on any atom is 0.407 e. The number of ether oxygens (including phenoxy) is 6. The minimum absolute atomic E-state index is 0.000108. The first-order valence-corrected chi connectivity index (χ1v) is 17.4. The van der Waals surface area contributed by atoms with Crippen LogP contribution in [0.15, 0.2) is 47.4 Å². The number of hydrogen-bond acceptors (Lipinski definition) is 11. The van der Waals surface area contributed by atoms with E-state index in [1.54, 1.807) is 24.3 Å². The quantitative estimate of drug-likeness (QED) is 0.200. The van der Waals surface area contributed by atoms with E-state index in [4.69, 9.17) is 28.4 Å². The molecule has 2 fully saturated rings. The van der Waals surface area contributed by atoms with Crippen LogP contribution in [0.1, 0.15) is 25.8 Å². The molecule has 0 unspecified atom stereocenters. The Morgan fingerprint density at radius 3 is 2.58 bits per heavy atom. The van der Waals surface area contributed by atoms with Crippen LogP contribution < -0.4 is 30.2 Å². The summed E-state index contributed by atoms with van der Waals surface area (Å²) in [7, 11) is -2.56. The zero-order chi connectivity index (χ0) is 34.3. The Morgan fingerprint density at radius 2 is 1.83 bits per heavy atom. The van der Waals surface area contributed by atoms with E-state index in [0.29, 0.717) is 36.8 Å². The topological polar surface area (TPSA) is 183 Å². The van der Waals surface area contributed by atoms with Gasteiger partial charge in [-0.15, -0.1) is 0 Å². The van der Waals surface area contributed by atoms with E-state index in [1.807, 2.05) is 13.8 Å². The van der Waals surface area contributed by atoms with Gasteiger partial charge in [-0.2, -0.15) is 4.31 Å². The smallest absolute Gasteiger partial charge is 0.407 e. The third-order valence-electron chi connectivity index (χ3n) is 8.21. The lowest BCUT2D eigenvalue weighted by molar-refractivity contribution is -0.0907. The Labute approximate surface area is 280 Å². The molecule has 4 N–H and O–H groups in total. The molecule has 0 saturated carbocycles. The number of amides is 3. The molecule has 3 heterocycles.